The van der Waals surface area contributed by atoms with Gasteiger partial charge in [0.1, 0.15) is 18.2 Å². The summed E-state index contributed by atoms with van der Waals surface area (Å²) >= 11 is 0. The van der Waals surface area contributed by atoms with E-state index >= 15 is 0 Å². The van der Waals surface area contributed by atoms with Crippen molar-refractivity contribution >= 4 is 5.91 Å². The molecule has 1 aromatic heterocycles. The van der Waals surface area contributed by atoms with E-state index in [-0.39, 0.29) is 17.3 Å². The van der Waals surface area contributed by atoms with Crippen molar-refractivity contribution in [1.29, 1.82) is 0 Å². The molecular weight excluding hydrogens is 466 g/mol. The van der Waals surface area contributed by atoms with Crippen LogP contribution < -0.4 is 4.74 Å². The largest absolute Gasteiger partial charge is 0.479 e. The molecule has 2 aromatic carbocycles. The third-order valence-corrected chi connectivity index (χ3v) is 5.36. The Hall–Kier alpha value is -3.47. The Bertz CT molecular complexity index is 1180. The molecule has 0 unspecified atom stereocenters. The third kappa shape index (κ3) is 4.89. The summed E-state index contributed by atoms with van der Waals surface area (Å²) in [6.07, 6.45) is 0. The second-order valence-corrected chi connectivity index (χ2v) is 7.65. The monoisotopic (exact) mass is 484 g/mol. The number of ether oxygens (including phenoxy) is 1. The van der Waals surface area contributed by atoms with E-state index in [0.717, 1.165) is 5.56 Å². The van der Waals surface area contributed by atoms with Gasteiger partial charge in [-0.05, 0) is 29.8 Å². The number of piperazine rings is 1. The van der Waals surface area contributed by atoms with Crippen molar-refractivity contribution < 1.29 is 40.3 Å². The van der Waals surface area contributed by atoms with Crippen LogP contribution >= 0.6 is 0 Å². The lowest BCUT2D eigenvalue weighted by Crippen LogP contribution is -2.48. The van der Waals surface area contributed by atoms with Crippen LogP contribution in [0.25, 0.3) is 0 Å². The number of amides is 1. The number of nitrogens with zero attached hydrogens (tertiary/aromatic N) is 2. The quantitative estimate of drug-likeness (QED) is 0.290. The van der Waals surface area contributed by atoms with Crippen molar-refractivity contribution in [2.24, 2.45) is 0 Å². The molecule has 0 atom stereocenters. The fraction of sp³-hybridized carbons (Fsp3) is 0.261. The summed E-state index contributed by atoms with van der Waals surface area (Å²) in [7, 11) is 0. The van der Waals surface area contributed by atoms with Gasteiger partial charge in [-0.25, -0.2) is 17.6 Å². The van der Waals surface area contributed by atoms with Gasteiger partial charge >= 0.3 is 0 Å². The molecule has 0 aliphatic carbocycles. The number of carbonyl (C=O) groups is 1. The van der Waals surface area contributed by atoms with Gasteiger partial charge in [-0.2, -0.15) is 8.78 Å². The fourth-order valence-corrected chi connectivity index (χ4v) is 3.58. The Kier molecular flexibility index (Phi) is 6.82. The lowest BCUT2D eigenvalue weighted by Gasteiger charge is -2.34. The number of furan rings is 1. The van der Waals surface area contributed by atoms with Crippen molar-refractivity contribution in [3.05, 3.63) is 88.4 Å². The molecule has 34 heavy (non-hydrogen) atoms. The van der Waals surface area contributed by atoms with Gasteiger partial charge in [0.25, 0.3) is 5.91 Å². The predicted octanol–water partition coefficient (Wildman–Crippen LogP) is 4.65. The van der Waals surface area contributed by atoms with Crippen molar-refractivity contribution in [2.75, 3.05) is 26.2 Å². The Morgan fingerprint density at radius 1 is 0.853 bits per heavy atom. The highest BCUT2D eigenvalue weighted by Crippen LogP contribution is 2.30. The van der Waals surface area contributed by atoms with Crippen molar-refractivity contribution in [2.45, 2.75) is 13.2 Å². The van der Waals surface area contributed by atoms with E-state index < -0.39 is 47.3 Å². The maximum atomic E-state index is 13.7. The molecule has 0 spiro atoms. The summed E-state index contributed by atoms with van der Waals surface area (Å²) in [5.74, 6) is -13.0. The van der Waals surface area contributed by atoms with E-state index in [1.807, 2.05) is 6.07 Å². The molecule has 5 nitrogen and oxygen atoms in total. The number of hydrogen-bond donors (Lipinski definition) is 0. The van der Waals surface area contributed by atoms with Crippen molar-refractivity contribution in [1.82, 2.24) is 9.80 Å². The zero-order valence-corrected chi connectivity index (χ0v) is 17.6. The molecule has 0 saturated carbocycles. The van der Waals surface area contributed by atoms with Gasteiger partial charge in [-0.1, -0.05) is 12.1 Å². The molecule has 0 bridgehead atoms. The first-order valence-electron chi connectivity index (χ1n) is 10.2. The summed E-state index contributed by atoms with van der Waals surface area (Å²) in [6, 6.07) is 8.91. The van der Waals surface area contributed by atoms with E-state index in [1.54, 1.807) is 11.0 Å². The van der Waals surface area contributed by atoms with Crippen LogP contribution in [0.5, 0.6) is 5.75 Å². The van der Waals surface area contributed by atoms with Gasteiger partial charge in [0.2, 0.25) is 29.1 Å². The van der Waals surface area contributed by atoms with E-state index in [0.29, 0.717) is 32.7 Å². The van der Waals surface area contributed by atoms with Crippen molar-refractivity contribution in [3.63, 3.8) is 0 Å². The molecule has 1 aliphatic heterocycles. The highest BCUT2D eigenvalue weighted by molar-refractivity contribution is 5.91. The first-order valence-corrected chi connectivity index (χ1v) is 10.2. The Morgan fingerprint density at radius 2 is 1.50 bits per heavy atom. The minimum absolute atomic E-state index is 0.0444. The molecular formula is C23H18F6N2O3. The zero-order chi connectivity index (χ0) is 24.4. The lowest BCUT2D eigenvalue weighted by atomic mass is 10.2. The minimum atomic E-state index is -2.29. The number of hydrogen-bond acceptors (Lipinski definition) is 4. The van der Waals surface area contributed by atoms with Crippen LogP contribution in [0.3, 0.4) is 0 Å². The van der Waals surface area contributed by atoms with E-state index in [9.17, 15) is 31.1 Å². The molecule has 180 valence electrons. The Labute approximate surface area is 190 Å². The van der Waals surface area contributed by atoms with Gasteiger partial charge in [-0.3, -0.25) is 9.69 Å². The maximum Gasteiger partial charge on any atom is 0.289 e. The van der Waals surface area contributed by atoms with Gasteiger partial charge in [0.15, 0.2) is 11.5 Å². The minimum Gasteiger partial charge on any atom is -0.479 e. The van der Waals surface area contributed by atoms with Crippen molar-refractivity contribution in [3.8, 4) is 5.75 Å². The fourth-order valence-electron chi connectivity index (χ4n) is 3.58. The second kappa shape index (κ2) is 9.80. The highest BCUT2D eigenvalue weighted by atomic mass is 19.2. The molecule has 1 saturated heterocycles. The SMILES string of the molecule is O=C(c1ccc(COc2c(F)c(F)c(F)c(F)c2F)o1)N1CCN(Cc2cccc(F)c2)CC1. The standard InChI is InChI=1S/C23H18F6N2O3/c24-14-3-1-2-13(10-14)11-30-6-8-31(9-7-30)23(32)16-5-4-15(34-16)12-33-22-20(28)18(26)17(25)19(27)21(22)29/h1-5,10H,6-9,11-12H2. The van der Waals surface area contributed by atoms with Gasteiger partial charge in [-0.15, -0.1) is 0 Å². The molecule has 1 amide bonds. The first kappa shape index (κ1) is 23.7. The van der Waals surface area contributed by atoms with Crippen LogP contribution in [0.1, 0.15) is 21.9 Å². The summed E-state index contributed by atoms with van der Waals surface area (Å²) in [5.41, 5.74) is 0.823. The molecule has 0 radical (unpaired) electrons. The maximum absolute atomic E-state index is 13.7. The predicted molar refractivity (Wildman–Crippen MR) is 107 cm³/mol. The zero-order valence-electron chi connectivity index (χ0n) is 17.6. The molecule has 11 heteroatoms. The van der Waals surface area contributed by atoms with Crippen LogP contribution in [-0.4, -0.2) is 41.9 Å². The Balaban J connectivity index is 1.34. The summed E-state index contributed by atoms with van der Waals surface area (Å²) in [6.45, 7) is 1.78. The molecule has 4 rings (SSSR count). The Morgan fingerprint density at radius 3 is 2.15 bits per heavy atom. The highest BCUT2D eigenvalue weighted by Gasteiger charge is 2.28. The van der Waals surface area contributed by atoms with E-state index in [2.05, 4.69) is 4.90 Å². The second-order valence-electron chi connectivity index (χ2n) is 7.65. The lowest BCUT2D eigenvalue weighted by molar-refractivity contribution is 0.0594. The van der Waals surface area contributed by atoms with Crippen LogP contribution in [-0.2, 0) is 13.2 Å². The molecule has 3 aromatic rings. The van der Waals surface area contributed by atoms with E-state index in [4.69, 9.17) is 9.15 Å². The summed E-state index contributed by atoms with van der Waals surface area (Å²) in [5, 5.41) is 0. The normalized spacial score (nSPS) is 14.5. The van der Waals surface area contributed by atoms with Crippen LogP contribution in [0, 0.1) is 34.9 Å². The summed E-state index contributed by atoms with van der Waals surface area (Å²) in [4.78, 5) is 16.3. The van der Waals surface area contributed by atoms with Gasteiger partial charge in [0, 0.05) is 32.7 Å². The first-order chi connectivity index (χ1) is 16.2. The molecule has 2 heterocycles. The van der Waals surface area contributed by atoms with Gasteiger partial charge < -0.3 is 14.1 Å². The third-order valence-electron chi connectivity index (χ3n) is 5.36. The molecule has 1 aliphatic rings. The topological polar surface area (TPSA) is 45.9 Å². The average molecular weight is 484 g/mol. The average Bonchev–Trinajstić information content (AvgIpc) is 3.30. The number of halogens is 6. The van der Waals surface area contributed by atoms with Crippen LogP contribution in [0.15, 0.2) is 40.8 Å². The number of benzene rings is 2. The number of carbonyl (C=O) groups excluding carboxylic acids is 1. The summed E-state index contributed by atoms with van der Waals surface area (Å²) < 4.78 is 90.5. The molecule has 0 N–H and O–H groups in total. The smallest absolute Gasteiger partial charge is 0.289 e. The number of rotatable bonds is 6. The van der Waals surface area contributed by atoms with E-state index in [1.165, 1.54) is 24.3 Å². The van der Waals surface area contributed by atoms with Crippen LogP contribution in [0.4, 0.5) is 26.3 Å². The molecule has 1 fully saturated rings. The van der Waals surface area contributed by atoms with Gasteiger partial charge in [0.05, 0.1) is 0 Å². The van der Waals surface area contributed by atoms with Crippen LogP contribution in [0.2, 0.25) is 0 Å².